The largest absolute Gasteiger partial charge is 0.489 e. The van der Waals surface area contributed by atoms with Crippen LogP contribution in [-0.4, -0.2) is 60.8 Å². The molecule has 0 unspecified atom stereocenters. The molecule has 0 radical (unpaired) electrons. The number of hydrogen-bond acceptors (Lipinski definition) is 6. The Morgan fingerprint density at radius 1 is 1.00 bits per heavy atom. The van der Waals surface area contributed by atoms with Crippen LogP contribution in [-0.2, 0) is 4.74 Å². The quantitative estimate of drug-likeness (QED) is 0.485. The highest BCUT2D eigenvalue weighted by Crippen LogP contribution is 2.55. The molecule has 1 aliphatic heterocycles. The summed E-state index contributed by atoms with van der Waals surface area (Å²) < 4.78 is 11.8. The maximum absolute atomic E-state index is 13.3. The van der Waals surface area contributed by atoms with Crippen LogP contribution in [0.1, 0.15) is 64.4 Å². The number of nitriles is 1. The van der Waals surface area contributed by atoms with Crippen molar-refractivity contribution < 1.29 is 19.1 Å². The van der Waals surface area contributed by atoms with Crippen LogP contribution in [0.15, 0.2) is 42.5 Å². The van der Waals surface area contributed by atoms with Crippen molar-refractivity contribution >= 4 is 29.3 Å². The molecule has 1 N–H and O–H groups in total. The summed E-state index contributed by atoms with van der Waals surface area (Å²) in [7, 11) is 0. The molecule has 2 fully saturated rings. The third kappa shape index (κ3) is 6.00. The molecule has 214 valence electrons. The molecule has 1 saturated carbocycles. The molecule has 0 atom stereocenters. The number of piperazine rings is 1. The first-order valence-corrected chi connectivity index (χ1v) is 14.0. The molecule has 1 heterocycles. The van der Waals surface area contributed by atoms with Crippen LogP contribution >= 0.6 is 11.6 Å². The molecule has 1 saturated heterocycles. The number of nitrogens with one attached hydrogen (secondary N) is 1. The van der Waals surface area contributed by atoms with E-state index in [1.165, 1.54) is 0 Å². The predicted molar refractivity (Wildman–Crippen MR) is 156 cm³/mol. The standard InChI is InChI=1S/C31H39ClN4O4/c1-29(2,3)40-28(38)36-16-14-35(15-17-36)22-11-8-20(9-12-22)25(37)34-26-30(4,5)27(31(26,6)7)39-23-13-10-21(19-33)24(32)18-23/h8-13,18,26-27H,14-17H2,1-7H3,(H,34,37). The Kier molecular flexibility index (Phi) is 8.01. The Bertz CT molecular complexity index is 1290. The number of carbonyl (C=O) groups excluding carboxylic acids is 2. The zero-order valence-electron chi connectivity index (χ0n) is 24.4. The average Bonchev–Trinajstić information content (AvgIpc) is 2.89. The second-order valence-corrected chi connectivity index (χ2v) is 13.2. The van der Waals surface area contributed by atoms with E-state index in [1.54, 1.807) is 23.1 Å². The van der Waals surface area contributed by atoms with Gasteiger partial charge in [0.25, 0.3) is 5.91 Å². The lowest BCUT2D eigenvalue weighted by Crippen LogP contribution is -2.74. The molecule has 2 aromatic carbocycles. The van der Waals surface area contributed by atoms with Gasteiger partial charge in [0.1, 0.15) is 23.5 Å². The van der Waals surface area contributed by atoms with Crippen LogP contribution in [0.2, 0.25) is 5.02 Å². The van der Waals surface area contributed by atoms with Gasteiger partial charge in [-0.1, -0.05) is 39.3 Å². The molecule has 40 heavy (non-hydrogen) atoms. The highest BCUT2D eigenvalue weighted by atomic mass is 35.5. The van der Waals surface area contributed by atoms with Crippen molar-refractivity contribution in [1.29, 1.82) is 5.26 Å². The van der Waals surface area contributed by atoms with Gasteiger partial charge in [0.05, 0.1) is 10.6 Å². The number of hydrogen-bond donors (Lipinski definition) is 1. The van der Waals surface area contributed by atoms with E-state index in [0.717, 1.165) is 5.69 Å². The number of benzene rings is 2. The molecular weight excluding hydrogens is 528 g/mol. The molecule has 0 spiro atoms. The highest BCUT2D eigenvalue weighted by Gasteiger charge is 2.64. The van der Waals surface area contributed by atoms with Gasteiger partial charge in [-0.25, -0.2) is 4.79 Å². The number of anilines is 1. The summed E-state index contributed by atoms with van der Waals surface area (Å²) in [5, 5.41) is 12.7. The summed E-state index contributed by atoms with van der Waals surface area (Å²) >= 11 is 6.20. The van der Waals surface area contributed by atoms with Gasteiger partial charge in [-0.05, 0) is 57.2 Å². The van der Waals surface area contributed by atoms with Crippen molar-refractivity contribution in [2.45, 2.75) is 66.2 Å². The Morgan fingerprint density at radius 2 is 1.60 bits per heavy atom. The lowest BCUT2D eigenvalue weighted by atomic mass is 9.49. The van der Waals surface area contributed by atoms with Crippen LogP contribution in [0.4, 0.5) is 10.5 Å². The SMILES string of the molecule is CC(C)(C)OC(=O)N1CCN(c2ccc(C(=O)NC3C(C)(C)C(Oc4ccc(C#N)c(Cl)c4)C3(C)C)cc2)CC1. The first kappa shape index (κ1) is 29.5. The van der Waals surface area contributed by atoms with Crippen LogP contribution in [0.3, 0.4) is 0 Å². The molecule has 8 nitrogen and oxygen atoms in total. The smallest absolute Gasteiger partial charge is 0.410 e. The van der Waals surface area contributed by atoms with E-state index in [0.29, 0.717) is 48.1 Å². The molecule has 4 rings (SSSR count). The summed E-state index contributed by atoms with van der Waals surface area (Å²) in [6.45, 7) is 16.5. The number of halogens is 1. The maximum Gasteiger partial charge on any atom is 0.410 e. The second-order valence-electron chi connectivity index (χ2n) is 12.8. The van der Waals surface area contributed by atoms with Gasteiger partial charge in [-0.15, -0.1) is 0 Å². The zero-order chi connectivity index (χ0) is 29.5. The summed E-state index contributed by atoms with van der Waals surface area (Å²) in [6, 6.07) is 14.6. The Balaban J connectivity index is 1.35. The zero-order valence-corrected chi connectivity index (χ0v) is 25.1. The van der Waals surface area contributed by atoms with Crippen molar-refractivity contribution in [2.24, 2.45) is 10.8 Å². The lowest BCUT2D eigenvalue weighted by molar-refractivity contribution is -0.164. The van der Waals surface area contributed by atoms with Crippen LogP contribution in [0, 0.1) is 22.2 Å². The minimum atomic E-state index is -0.512. The fourth-order valence-electron chi connectivity index (χ4n) is 6.11. The normalized spacial score (nSPS) is 21.6. The molecule has 0 aromatic heterocycles. The van der Waals surface area contributed by atoms with Gasteiger partial charge in [-0.3, -0.25) is 4.79 Å². The first-order valence-electron chi connectivity index (χ1n) is 13.6. The number of ether oxygens (including phenoxy) is 2. The number of rotatable bonds is 5. The second kappa shape index (κ2) is 10.9. The first-order chi connectivity index (χ1) is 18.6. The van der Waals surface area contributed by atoms with E-state index in [-0.39, 0.29) is 35.0 Å². The lowest BCUT2D eigenvalue weighted by Gasteiger charge is -2.63. The summed E-state index contributed by atoms with van der Waals surface area (Å²) in [6.07, 6.45) is -0.453. The average molecular weight is 567 g/mol. The minimum absolute atomic E-state index is 0.119. The Labute approximate surface area is 242 Å². The molecule has 2 aromatic rings. The fraction of sp³-hybridized carbons (Fsp3) is 0.516. The van der Waals surface area contributed by atoms with Crippen LogP contribution < -0.4 is 15.0 Å². The van der Waals surface area contributed by atoms with E-state index in [4.69, 9.17) is 26.3 Å². The van der Waals surface area contributed by atoms with Crippen molar-refractivity contribution in [2.75, 3.05) is 31.1 Å². The molecule has 2 aliphatic rings. The Hall–Kier alpha value is -3.44. The van der Waals surface area contributed by atoms with Crippen molar-refractivity contribution in [3.05, 3.63) is 58.6 Å². The van der Waals surface area contributed by atoms with Gasteiger partial charge < -0.3 is 24.6 Å². The van der Waals surface area contributed by atoms with E-state index in [1.807, 2.05) is 45.0 Å². The summed E-state index contributed by atoms with van der Waals surface area (Å²) in [5.41, 5.74) is 0.813. The fourth-order valence-corrected chi connectivity index (χ4v) is 6.32. The molecule has 1 aliphatic carbocycles. The van der Waals surface area contributed by atoms with Crippen molar-refractivity contribution in [1.82, 2.24) is 10.2 Å². The topological polar surface area (TPSA) is 94.9 Å². The molecule has 9 heteroatoms. The number of amides is 2. The van der Waals surface area contributed by atoms with E-state index < -0.39 is 5.60 Å². The van der Waals surface area contributed by atoms with Gasteiger partial charge in [-0.2, -0.15) is 5.26 Å². The van der Waals surface area contributed by atoms with Crippen molar-refractivity contribution in [3.63, 3.8) is 0 Å². The van der Waals surface area contributed by atoms with E-state index in [9.17, 15) is 9.59 Å². The number of carbonyl (C=O) groups is 2. The van der Waals surface area contributed by atoms with Gasteiger partial charge in [0, 0.05) is 60.4 Å². The van der Waals surface area contributed by atoms with Gasteiger partial charge >= 0.3 is 6.09 Å². The Morgan fingerprint density at radius 3 is 2.12 bits per heavy atom. The van der Waals surface area contributed by atoms with Gasteiger partial charge in [0.15, 0.2) is 0 Å². The maximum atomic E-state index is 13.3. The van der Waals surface area contributed by atoms with Crippen LogP contribution in [0.25, 0.3) is 0 Å². The molecular formula is C31H39ClN4O4. The third-order valence-corrected chi connectivity index (χ3v) is 8.17. The van der Waals surface area contributed by atoms with E-state index in [2.05, 4.69) is 44.0 Å². The van der Waals surface area contributed by atoms with Crippen molar-refractivity contribution in [3.8, 4) is 11.8 Å². The third-order valence-electron chi connectivity index (χ3n) is 7.86. The molecule has 0 bridgehead atoms. The molecule has 2 amide bonds. The summed E-state index contributed by atoms with van der Waals surface area (Å²) in [5.74, 6) is 0.467. The number of nitrogens with zero attached hydrogens (tertiary/aromatic N) is 3. The predicted octanol–water partition coefficient (Wildman–Crippen LogP) is 5.88. The highest BCUT2D eigenvalue weighted by molar-refractivity contribution is 6.31. The summed E-state index contributed by atoms with van der Waals surface area (Å²) in [4.78, 5) is 29.5. The van der Waals surface area contributed by atoms with Crippen LogP contribution in [0.5, 0.6) is 5.75 Å². The van der Waals surface area contributed by atoms with E-state index >= 15 is 0 Å². The minimum Gasteiger partial charge on any atom is -0.489 e. The monoisotopic (exact) mass is 566 g/mol. The van der Waals surface area contributed by atoms with Gasteiger partial charge in [0.2, 0.25) is 0 Å².